The number of piperidine rings is 1. The van der Waals surface area contributed by atoms with Gasteiger partial charge in [0.25, 0.3) is 0 Å². The van der Waals surface area contributed by atoms with Crippen molar-refractivity contribution in [1.82, 2.24) is 25.7 Å². The van der Waals surface area contributed by atoms with Gasteiger partial charge in [0.05, 0.1) is 11.9 Å². The van der Waals surface area contributed by atoms with Crippen molar-refractivity contribution in [2.24, 2.45) is 5.92 Å². The predicted octanol–water partition coefficient (Wildman–Crippen LogP) is 3.14. The summed E-state index contributed by atoms with van der Waals surface area (Å²) in [6.07, 6.45) is 14.7. The van der Waals surface area contributed by atoms with Gasteiger partial charge < -0.3 is 5.32 Å². The molecule has 2 aromatic rings. The molecule has 1 saturated carbocycles. The van der Waals surface area contributed by atoms with Gasteiger partial charge in [0.1, 0.15) is 6.04 Å². The number of carbonyl (C=O) groups is 1. The van der Waals surface area contributed by atoms with Gasteiger partial charge in [0.15, 0.2) is 0 Å². The smallest absolute Gasteiger partial charge is 0.243 e. The van der Waals surface area contributed by atoms with E-state index in [1.807, 2.05) is 25.4 Å². The molecular formula is C25H34N6O. The van der Waals surface area contributed by atoms with E-state index in [9.17, 15) is 4.79 Å². The number of carbonyl (C=O) groups excluding carboxylic acids is 1. The van der Waals surface area contributed by atoms with Crippen LogP contribution in [0.25, 0.3) is 0 Å². The Kier molecular flexibility index (Phi) is 6.48. The lowest BCUT2D eigenvalue weighted by Crippen LogP contribution is -2.42. The third-order valence-corrected chi connectivity index (χ3v) is 7.32. The third-order valence-electron chi connectivity index (χ3n) is 7.32. The van der Waals surface area contributed by atoms with E-state index in [0.29, 0.717) is 12.0 Å². The Morgan fingerprint density at radius 1 is 1.06 bits per heavy atom. The number of aromatic nitrogens is 2. The second-order valence-corrected chi connectivity index (χ2v) is 9.75. The molecule has 7 heteroatoms. The van der Waals surface area contributed by atoms with Gasteiger partial charge in [-0.2, -0.15) is 0 Å². The summed E-state index contributed by atoms with van der Waals surface area (Å²) in [7, 11) is 0. The van der Waals surface area contributed by atoms with E-state index >= 15 is 0 Å². The van der Waals surface area contributed by atoms with E-state index in [1.54, 1.807) is 12.4 Å². The molecular weight excluding hydrogens is 400 g/mol. The number of nitrogens with one attached hydrogen (secondary N) is 3. The lowest BCUT2D eigenvalue weighted by molar-refractivity contribution is -0.119. The van der Waals surface area contributed by atoms with Crippen molar-refractivity contribution >= 4 is 11.6 Å². The number of amides is 1. The van der Waals surface area contributed by atoms with Crippen molar-refractivity contribution in [1.29, 1.82) is 0 Å². The van der Waals surface area contributed by atoms with E-state index in [1.165, 1.54) is 43.5 Å². The largest absolute Gasteiger partial charge is 0.323 e. The third kappa shape index (κ3) is 4.85. The van der Waals surface area contributed by atoms with Crippen molar-refractivity contribution in [3.05, 3.63) is 53.6 Å². The predicted molar refractivity (Wildman–Crippen MR) is 125 cm³/mol. The van der Waals surface area contributed by atoms with Gasteiger partial charge in [-0.1, -0.05) is 12.5 Å². The lowest BCUT2D eigenvalue weighted by Gasteiger charge is -2.33. The van der Waals surface area contributed by atoms with Crippen LogP contribution in [0.1, 0.15) is 61.1 Å². The van der Waals surface area contributed by atoms with Crippen molar-refractivity contribution < 1.29 is 4.79 Å². The van der Waals surface area contributed by atoms with Crippen LogP contribution in [0.2, 0.25) is 0 Å². The highest BCUT2D eigenvalue weighted by atomic mass is 16.2. The number of likely N-dealkylation sites (tertiary alicyclic amines) is 1. The fourth-order valence-electron chi connectivity index (χ4n) is 5.66. The van der Waals surface area contributed by atoms with E-state index < -0.39 is 0 Å². The Hall–Kier alpha value is -2.35. The van der Waals surface area contributed by atoms with Crippen molar-refractivity contribution in [2.45, 2.75) is 70.0 Å². The minimum atomic E-state index is -0.243. The van der Waals surface area contributed by atoms with E-state index in [2.05, 4.69) is 37.1 Å². The number of hydrazine groups is 1. The number of hydrogen-bond donors (Lipinski definition) is 3. The summed E-state index contributed by atoms with van der Waals surface area (Å²) in [5, 5.41) is 3.05. The minimum Gasteiger partial charge on any atom is -0.323 e. The molecule has 170 valence electrons. The first-order valence-corrected chi connectivity index (χ1v) is 12.1. The van der Waals surface area contributed by atoms with Crippen molar-refractivity contribution in [3.63, 3.8) is 0 Å². The molecule has 2 aliphatic heterocycles. The van der Waals surface area contributed by atoms with Gasteiger partial charge in [-0.15, -0.1) is 0 Å². The lowest BCUT2D eigenvalue weighted by atomic mass is 9.73. The van der Waals surface area contributed by atoms with Crippen LogP contribution in [-0.4, -0.2) is 45.9 Å². The van der Waals surface area contributed by atoms with Crippen LogP contribution >= 0.6 is 0 Å². The van der Waals surface area contributed by atoms with Crippen LogP contribution < -0.4 is 16.2 Å². The number of fused-ring (bicyclic) bond motifs is 1. The number of hydrogen-bond acceptors (Lipinski definition) is 6. The van der Waals surface area contributed by atoms with Crippen molar-refractivity contribution in [2.75, 3.05) is 18.4 Å². The average Bonchev–Trinajstić information content (AvgIpc) is 3.23. The molecule has 2 aromatic heterocycles. The normalized spacial score (nSPS) is 28.3. The molecule has 5 rings (SSSR count). The van der Waals surface area contributed by atoms with Crippen LogP contribution in [0.5, 0.6) is 0 Å². The van der Waals surface area contributed by atoms with Crippen molar-refractivity contribution in [3.8, 4) is 0 Å². The molecule has 4 atom stereocenters. The first kappa shape index (κ1) is 21.5. The minimum absolute atomic E-state index is 0.00928. The summed E-state index contributed by atoms with van der Waals surface area (Å²) in [6, 6.07) is 4.40. The second-order valence-electron chi connectivity index (χ2n) is 9.75. The standard InChI is InChI=1S/C25H34N6O/c1-17-9-21(15-26-12-17)28-25(32)24-22-11-19(5-6-23(22)29-30-24)20-10-18(13-27-14-20)16-31-7-3-2-4-8-31/h9-10,12-15,19,22-24,29-30H,2-8,11,16H2,1H3,(H,28,32). The maximum Gasteiger partial charge on any atom is 0.243 e. The summed E-state index contributed by atoms with van der Waals surface area (Å²) >= 11 is 0. The summed E-state index contributed by atoms with van der Waals surface area (Å²) in [5.74, 6) is 0.718. The van der Waals surface area contributed by atoms with Crippen LogP contribution in [0.15, 0.2) is 36.9 Å². The SMILES string of the molecule is Cc1cncc(NC(=O)C2NNC3CCC(c4cncc(CN5CCCCC5)c4)CC32)c1. The molecule has 1 aliphatic carbocycles. The van der Waals surface area contributed by atoms with Crippen LogP contribution in [-0.2, 0) is 11.3 Å². The molecule has 0 aromatic carbocycles. The van der Waals surface area contributed by atoms with E-state index in [4.69, 9.17) is 0 Å². The monoisotopic (exact) mass is 434 g/mol. The van der Waals surface area contributed by atoms with Crippen LogP contribution in [0, 0.1) is 12.8 Å². The molecule has 0 bridgehead atoms. The van der Waals surface area contributed by atoms with Gasteiger partial charge in [-0.25, -0.2) is 5.43 Å². The number of anilines is 1. The molecule has 0 spiro atoms. The fourth-order valence-corrected chi connectivity index (χ4v) is 5.66. The zero-order valence-electron chi connectivity index (χ0n) is 18.9. The molecule has 7 nitrogen and oxygen atoms in total. The summed E-state index contributed by atoms with van der Waals surface area (Å²) in [4.78, 5) is 24.4. The molecule has 1 amide bonds. The Morgan fingerprint density at radius 2 is 1.91 bits per heavy atom. The molecule has 3 aliphatic rings. The first-order valence-electron chi connectivity index (χ1n) is 12.1. The number of nitrogens with zero attached hydrogens (tertiary/aromatic N) is 3. The summed E-state index contributed by atoms with van der Waals surface area (Å²) in [5.41, 5.74) is 11.1. The van der Waals surface area contributed by atoms with Gasteiger partial charge >= 0.3 is 0 Å². The second kappa shape index (κ2) is 9.65. The Labute approximate surface area is 190 Å². The maximum atomic E-state index is 13.0. The molecule has 3 fully saturated rings. The van der Waals surface area contributed by atoms with E-state index in [-0.39, 0.29) is 17.9 Å². The highest BCUT2D eigenvalue weighted by Crippen LogP contribution is 2.39. The average molecular weight is 435 g/mol. The number of aryl methyl sites for hydroxylation is 1. The fraction of sp³-hybridized carbons (Fsp3) is 0.560. The van der Waals surface area contributed by atoms with Gasteiger partial charge in [0.2, 0.25) is 5.91 Å². The van der Waals surface area contributed by atoms with Crippen LogP contribution in [0.3, 0.4) is 0 Å². The van der Waals surface area contributed by atoms with E-state index in [0.717, 1.165) is 37.1 Å². The summed E-state index contributed by atoms with van der Waals surface area (Å²) < 4.78 is 0. The van der Waals surface area contributed by atoms with Gasteiger partial charge in [-0.3, -0.25) is 25.1 Å². The highest BCUT2D eigenvalue weighted by Gasteiger charge is 2.44. The maximum absolute atomic E-state index is 13.0. The zero-order chi connectivity index (χ0) is 21.9. The van der Waals surface area contributed by atoms with Gasteiger partial charge in [-0.05, 0) is 80.8 Å². The van der Waals surface area contributed by atoms with Crippen LogP contribution in [0.4, 0.5) is 5.69 Å². The quantitative estimate of drug-likeness (QED) is 0.671. The molecule has 2 saturated heterocycles. The molecule has 32 heavy (non-hydrogen) atoms. The number of rotatable bonds is 5. The molecule has 4 heterocycles. The van der Waals surface area contributed by atoms with Gasteiger partial charge in [0, 0.05) is 37.1 Å². The summed E-state index contributed by atoms with van der Waals surface area (Å²) in [6.45, 7) is 5.37. The molecule has 4 unspecified atom stereocenters. The Morgan fingerprint density at radius 3 is 2.75 bits per heavy atom. The highest BCUT2D eigenvalue weighted by molar-refractivity contribution is 5.95. The topological polar surface area (TPSA) is 82.2 Å². The Balaban J connectivity index is 1.25. The molecule has 0 radical (unpaired) electrons. The first-order chi connectivity index (χ1) is 15.7. The Bertz CT molecular complexity index is 944. The number of pyridine rings is 2. The molecule has 3 N–H and O–H groups in total. The zero-order valence-corrected chi connectivity index (χ0v) is 18.9.